The lowest BCUT2D eigenvalue weighted by molar-refractivity contribution is 0.487. The largest absolute Gasteiger partial charge is 0.458 e. The Morgan fingerprint density at radius 3 is 1.15 bits per heavy atom. The van der Waals surface area contributed by atoms with Crippen LogP contribution in [-0.2, 0) is 0 Å². The Kier molecular flexibility index (Phi) is 11.2. The molecule has 6 aliphatic heterocycles. The standard InChI is InChI=1S/C87H55B3N8OS3/c1-100-96-75-47-66-62(89-61-30-20-28-59-58-27-10-18-37-74(58)95(87(59)61)78-40-49(39-67(91-66)84(78)89)92-68-31-12-4-21-52(68)53-22-5-13-32-69(53)92)45-63(75)90-65-46-64-76(48-77(65)97(101-2)80-42-50(41-79(96)85(80)90)93-70-33-14-6-23-54(70)55-24-7-15-34-71(55)93)98(102-3)81-43-51(44-83-86(81)88(64)60-29-11-19-38-82(60)99-83)94-72-35-16-8-25-56(72)57-26-9-17-36-73(57)94/h4-48,91H,1-3H3. The molecule has 0 spiro atoms. The number of anilines is 8. The van der Waals surface area contributed by atoms with E-state index < -0.39 is 0 Å². The summed E-state index contributed by atoms with van der Waals surface area (Å²) in [5, 5.41) is 14.2. The van der Waals surface area contributed by atoms with Crippen molar-refractivity contribution in [3.05, 3.63) is 273 Å². The topological polar surface area (TPSA) is 50.7 Å². The van der Waals surface area contributed by atoms with E-state index in [1.165, 1.54) is 159 Å². The second kappa shape index (κ2) is 20.4. The van der Waals surface area contributed by atoms with E-state index >= 15 is 0 Å². The number of benzene rings is 14. The molecule has 10 heterocycles. The summed E-state index contributed by atoms with van der Waals surface area (Å²) in [4.78, 5) is 0. The van der Waals surface area contributed by atoms with Crippen LogP contribution in [0.2, 0.25) is 0 Å². The molecule has 15 heteroatoms. The van der Waals surface area contributed by atoms with Crippen LogP contribution in [0.5, 0.6) is 11.5 Å². The normalized spacial score (nSPS) is 14.0. The molecule has 0 amide bonds. The monoisotopic (exact) mass is 1360 g/mol. The number of nitrogens with zero attached hydrogens (tertiary/aromatic N) is 7. The minimum Gasteiger partial charge on any atom is -0.458 e. The van der Waals surface area contributed by atoms with Crippen LogP contribution >= 0.6 is 35.8 Å². The van der Waals surface area contributed by atoms with Crippen molar-refractivity contribution in [2.24, 2.45) is 0 Å². The fourth-order valence-electron chi connectivity index (χ4n) is 19.4. The first-order valence-corrected chi connectivity index (χ1v) is 38.5. The number of hydrogen-bond acceptors (Lipinski definition) is 8. The highest BCUT2D eigenvalue weighted by Crippen LogP contribution is 2.50. The molecule has 24 rings (SSSR count). The summed E-state index contributed by atoms with van der Waals surface area (Å²) in [6.45, 7) is -0.418. The van der Waals surface area contributed by atoms with Crippen LogP contribution in [0.15, 0.2) is 273 Å². The molecule has 0 fully saturated rings. The zero-order valence-corrected chi connectivity index (χ0v) is 57.9. The molecule has 0 atom stereocenters. The SMILES string of the molecule is CSN1c2cc3c(cc2B2c4ccccc4Oc4cc(-n5c6ccccc6c6ccccc65)cc1c42)B1c2cc4c(cc2N(SC)c2cc(-n5c6ccccc6c6ccccc65)cc(c21)N3SC)Nc1cc(-n2c3ccccc3c3ccccc32)cc2c1B4c1cccc3c4ccccc4n-2c13. The Morgan fingerprint density at radius 2 is 0.637 bits per heavy atom. The van der Waals surface area contributed by atoms with Gasteiger partial charge in [-0.05, 0) is 176 Å². The Bertz CT molecular complexity index is 6730. The zero-order chi connectivity index (χ0) is 66.6. The van der Waals surface area contributed by atoms with Crippen molar-refractivity contribution in [3.8, 4) is 34.2 Å². The summed E-state index contributed by atoms with van der Waals surface area (Å²) < 4.78 is 24.9. The average molecular weight is 1360 g/mol. The smallest absolute Gasteiger partial charge is 0.256 e. The Morgan fingerprint density at radius 1 is 0.265 bits per heavy atom. The third-order valence-corrected chi connectivity index (χ3v) is 25.5. The van der Waals surface area contributed by atoms with Crippen molar-refractivity contribution >= 4 is 238 Å². The van der Waals surface area contributed by atoms with Crippen molar-refractivity contribution < 1.29 is 4.74 Å². The Labute approximate surface area is 600 Å². The summed E-state index contributed by atoms with van der Waals surface area (Å²) in [6.07, 6.45) is 6.76. The van der Waals surface area contributed by atoms with Crippen molar-refractivity contribution in [2.75, 3.05) is 37.0 Å². The highest BCUT2D eigenvalue weighted by atomic mass is 32.2. The highest BCUT2D eigenvalue weighted by Gasteiger charge is 2.50. The number of ether oxygens (including phenoxy) is 1. The molecule has 9 nitrogen and oxygen atoms in total. The number of aromatic nitrogens is 4. The maximum absolute atomic E-state index is 7.27. The Hall–Kier alpha value is -11.5. The second-order valence-corrected chi connectivity index (χ2v) is 30.1. The fourth-order valence-corrected chi connectivity index (χ4v) is 21.5. The van der Waals surface area contributed by atoms with E-state index in [-0.39, 0.29) is 20.1 Å². The quantitative estimate of drug-likeness (QED) is 0.131. The summed E-state index contributed by atoms with van der Waals surface area (Å²) in [5.74, 6) is 1.77. The van der Waals surface area contributed by atoms with Gasteiger partial charge in [0.25, 0.3) is 20.1 Å². The summed E-state index contributed by atoms with van der Waals surface area (Å²) >= 11 is 5.35. The summed E-state index contributed by atoms with van der Waals surface area (Å²) in [6, 6.07) is 103. The van der Waals surface area contributed by atoms with E-state index in [4.69, 9.17) is 4.74 Å². The van der Waals surface area contributed by atoms with Gasteiger partial charge in [-0.1, -0.05) is 176 Å². The van der Waals surface area contributed by atoms with Gasteiger partial charge in [0.05, 0.1) is 72.7 Å². The van der Waals surface area contributed by atoms with Crippen molar-refractivity contribution in [1.82, 2.24) is 18.3 Å². The van der Waals surface area contributed by atoms with E-state index in [2.05, 4.69) is 328 Å². The summed E-state index contributed by atoms with van der Waals surface area (Å²) in [5.41, 5.74) is 34.7. The highest BCUT2D eigenvalue weighted by molar-refractivity contribution is 8.01. The van der Waals surface area contributed by atoms with Gasteiger partial charge in [0.15, 0.2) is 0 Å². The molecular formula is C87H55B3N8OS3. The van der Waals surface area contributed by atoms with E-state index in [9.17, 15) is 0 Å². The van der Waals surface area contributed by atoms with Gasteiger partial charge in [0, 0.05) is 108 Å². The molecule has 0 saturated heterocycles. The molecule has 18 aromatic rings. The lowest BCUT2D eigenvalue weighted by Gasteiger charge is -2.45. The molecule has 0 aliphatic carbocycles. The molecule has 0 unspecified atom stereocenters. The van der Waals surface area contributed by atoms with Gasteiger partial charge < -0.3 is 28.3 Å². The zero-order valence-electron chi connectivity index (χ0n) is 55.5. The van der Waals surface area contributed by atoms with Gasteiger partial charge in [0.2, 0.25) is 0 Å². The molecule has 102 heavy (non-hydrogen) atoms. The van der Waals surface area contributed by atoms with Crippen LogP contribution in [0.1, 0.15) is 0 Å². The maximum atomic E-state index is 7.27. The number of para-hydroxylation sites is 9. The van der Waals surface area contributed by atoms with E-state index in [0.717, 1.165) is 56.7 Å². The van der Waals surface area contributed by atoms with Crippen LogP contribution in [0.25, 0.3) is 110 Å². The third-order valence-electron chi connectivity index (χ3n) is 23.2. The van der Waals surface area contributed by atoms with Crippen LogP contribution in [0.3, 0.4) is 0 Å². The van der Waals surface area contributed by atoms with Gasteiger partial charge >= 0.3 is 0 Å². The molecule has 0 radical (unpaired) electrons. The summed E-state index contributed by atoms with van der Waals surface area (Å²) in [7, 11) is 0. The van der Waals surface area contributed by atoms with Gasteiger partial charge in [-0.15, -0.1) is 0 Å². The van der Waals surface area contributed by atoms with Crippen molar-refractivity contribution in [1.29, 1.82) is 0 Å². The lowest BCUT2D eigenvalue weighted by Crippen LogP contribution is -2.65. The number of rotatable bonds is 6. The molecule has 0 saturated carbocycles. The Balaban J connectivity index is 0.779. The molecule has 1 N–H and O–H groups in total. The van der Waals surface area contributed by atoms with Crippen LogP contribution < -0.4 is 72.1 Å². The first kappa shape index (κ1) is 56.3. The van der Waals surface area contributed by atoms with E-state index in [0.29, 0.717) is 0 Å². The first-order chi connectivity index (χ1) is 50.5. The van der Waals surface area contributed by atoms with Crippen LogP contribution in [0, 0.1) is 0 Å². The fraction of sp³-hybridized carbons (Fsp3) is 0.0345. The minimum atomic E-state index is -0.185. The van der Waals surface area contributed by atoms with E-state index in [1.807, 2.05) is 0 Å². The first-order valence-electron chi connectivity index (χ1n) is 34.9. The predicted molar refractivity (Wildman–Crippen MR) is 440 cm³/mol. The van der Waals surface area contributed by atoms with Crippen LogP contribution in [0.4, 0.5) is 45.5 Å². The van der Waals surface area contributed by atoms with Crippen LogP contribution in [-0.4, -0.2) is 57.2 Å². The average Bonchev–Trinajstić information content (AvgIpc) is 1.10. The number of fused-ring (bicyclic) bond motifs is 24. The van der Waals surface area contributed by atoms with Gasteiger partial charge in [-0.2, -0.15) is 0 Å². The van der Waals surface area contributed by atoms with Gasteiger partial charge in [-0.3, -0.25) is 12.9 Å². The number of hydrogen-bond donors (Lipinski definition) is 1. The second-order valence-electron chi connectivity index (χ2n) is 27.9. The molecule has 476 valence electrons. The molecule has 14 aromatic carbocycles. The predicted octanol–water partition coefficient (Wildman–Crippen LogP) is 16.3. The van der Waals surface area contributed by atoms with Gasteiger partial charge in [-0.25, -0.2) is 0 Å². The molecular weight excluding hydrogens is 1300 g/mol. The van der Waals surface area contributed by atoms with E-state index in [1.54, 1.807) is 35.8 Å². The van der Waals surface area contributed by atoms with Crippen molar-refractivity contribution in [3.63, 3.8) is 0 Å². The molecule has 0 bridgehead atoms. The lowest BCUT2D eigenvalue weighted by atomic mass is 9.29. The third kappa shape index (κ3) is 7.12. The molecule has 6 aliphatic rings. The van der Waals surface area contributed by atoms with Crippen molar-refractivity contribution in [2.45, 2.75) is 0 Å². The number of nitrogens with one attached hydrogen (secondary N) is 1. The van der Waals surface area contributed by atoms with Gasteiger partial charge in [0.1, 0.15) is 11.5 Å². The maximum Gasteiger partial charge on any atom is 0.256 e. The molecule has 4 aromatic heterocycles. The minimum absolute atomic E-state index is 0.101.